The standard InChI is InChI=1S/C31H33F6N3O4/c1-20-5-6-22(13-21(20)2)14-26-18-38(7-3-4-8-39-11-12-44-19-27(39)29(42)43)9-10-40(26)28(41)23-15-24(30(32,33)34)17-25(16-23)31(35,36)37/h5-6,13,15-17,26-27H,7-12,14,18-19H2,1-2H3,(H,42,43)/t26-,27?/m1/s1. The molecule has 2 fully saturated rings. The lowest BCUT2D eigenvalue weighted by atomic mass is 9.97. The van der Waals surface area contributed by atoms with E-state index in [2.05, 4.69) is 11.8 Å². The van der Waals surface area contributed by atoms with Crippen LogP contribution in [-0.4, -0.2) is 96.2 Å². The normalized spacial score (nSPS) is 20.2. The lowest BCUT2D eigenvalue weighted by Gasteiger charge is -2.41. The van der Waals surface area contributed by atoms with Gasteiger partial charge < -0.3 is 14.7 Å². The van der Waals surface area contributed by atoms with Gasteiger partial charge in [0.25, 0.3) is 5.91 Å². The number of carboxylic acid groups (broad SMARTS) is 1. The topological polar surface area (TPSA) is 73.3 Å². The molecule has 0 spiro atoms. The summed E-state index contributed by atoms with van der Waals surface area (Å²) in [5.74, 6) is 4.12. The molecule has 1 N–H and O–H groups in total. The van der Waals surface area contributed by atoms with Gasteiger partial charge in [0.1, 0.15) is 6.04 Å². The zero-order valence-corrected chi connectivity index (χ0v) is 24.3. The second kappa shape index (κ2) is 13.6. The first-order chi connectivity index (χ1) is 20.6. The van der Waals surface area contributed by atoms with Crippen LogP contribution in [0.4, 0.5) is 26.3 Å². The number of rotatable bonds is 6. The van der Waals surface area contributed by atoms with E-state index < -0.39 is 53.0 Å². The van der Waals surface area contributed by atoms with Crippen molar-refractivity contribution in [2.75, 3.05) is 52.5 Å². The highest BCUT2D eigenvalue weighted by molar-refractivity contribution is 5.95. The Morgan fingerprint density at radius 3 is 2.18 bits per heavy atom. The molecule has 2 aromatic carbocycles. The number of aliphatic carboxylic acids is 1. The molecular formula is C31H33F6N3O4. The molecule has 0 radical (unpaired) electrons. The fourth-order valence-electron chi connectivity index (χ4n) is 5.33. The molecule has 1 amide bonds. The molecule has 7 nitrogen and oxygen atoms in total. The van der Waals surface area contributed by atoms with Crippen molar-refractivity contribution < 1.29 is 45.8 Å². The minimum Gasteiger partial charge on any atom is -0.480 e. The number of carboxylic acids is 1. The Hall–Kier alpha value is -3.60. The number of benzene rings is 2. The number of carbonyl (C=O) groups is 2. The average Bonchev–Trinajstić information content (AvgIpc) is 2.96. The molecule has 0 saturated carbocycles. The van der Waals surface area contributed by atoms with E-state index >= 15 is 0 Å². The van der Waals surface area contributed by atoms with Gasteiger partial charge in [0.15, 0.2) is 0 Å². The van der Waals surface area contributed by atoms with Crippen molar-refractivity contribution in [2.24, 2.45) is 0 Å². The summed E-state index contributed by atoms with van der Waals surface area (Å²) in [6.45, 7) is 5.93. The number of hydrogen-bond acceptors (Lipinski definition) is 5. The Balaban J connectivity index is 1.56. The van der Waals surface area contributed by atoms with E-state index in [9.17, 15) is 41.0 Å². The second-order valence-electron chi connectivity index (χ2n) is 11.1. The van der Waals surface area contributed by atoms with Crippen LogP contribution in [0.1, 0.15) is 38.2 Å². The molecule has 44 heavy (non-hydrogen) atoms. The predicted molar refractivity (Wildman–Crippen MR) is 149 cm³/mol. The van der Waals surface area contributed by atoms with E-state index in [1.165, 1.54) is 4.90 Å². The van der Waals surface area contributed by atoms with Crippen LogP contribution in [0.15, 0.2) is 36.4 Å². The molecule has 2 aliphatic heterocycles. The average molecular weight is 626 g/mol. The van der Waals surface area contributed by atoms with Crippen molar-refractivity contribution in [3.63, 3.8) is 0 Å². The molecule has 13 heteroatoms. The first-order valence-corrected chi connectivity index (χ1v) is 14.0. The van der Waals surface area contributed by atoms with Crippen molar-refractivity contribution in [2.45, 2.75) is 44.7 Å². The fourth-order valence-corrected chi connectivity index (χ4v) is 5.33. The van der Waals surface area contributed by atoms with Gasteiger partial charge in [-0.25, -0.2) is 0 Å². The summed E-state index contributed by atoms with van der Waals surface area (Å²) in [6.07, 6.45) is -9.81. The van der Waals surface area contributed by atoms with Crippen LogP contribution in [0.3, 0.4) is 0 Å². The van der Waals surface area contributed by atoms with E-state index in [1.54, 1.807) is 4.90 Å². The number of hydrogen-bond donors (Lipinski definition) is 1. The first kappa shape index (κ1) is 33.3. The SMILES string of the molecule is Cc1ccc(C[C@@H]2CN(CC#CCN3CCOCC3C(=O)O)CCN2C(=O)c2cc(C(F)(F)F)cc(C(F)(F)F)c2)cc1C. The Labute approximate surface area is 251 Å². The Morgan fingerprint density at radius 1 is 0.909 bits per heavy atom. The summed E-state index contributed by atoms with van der Waals surface area (Å²) in [5.41, 5.74) is -0.827. The van der Waals surface area contributed by atoms with Crippen LogP contribution in [0, 0.1) is 25.7 Å². The summed E-state index contributed by atoms with van der Waals surface area (Å²) < 4.78 is 86.3. The fraction of sp³-hybridized carbons (Fsp3) is 0.484. The summed E-state index contributed by atoms with van der Waals surface area (Å²) in [5, 5.41) is 9.39. The first-order valence-electron chi connectivity index (χ1n) is 14.0. The van der Waals surface area contributed by atoms with Crippen LogP contribution in [0.5, 0.6) is 0 Å². The number of amides is 1. The highest BCUT2D eigenvalue weighted by atomic mass is 19.4. The van der Waals surface area contributed by atoms with Gasteiger partial charge >= 0.3 is 18.3 Å². The highest BCUT2D eigenvalue weighted by Gasteiger charge is 2.39. The molecule has 2 aromatic rings. The van der Waals surface area contributed by atoms with Crippen LogP contribution >= 0.6 is 0 Å². The maximum Gasteiger partial charge on any atom is 0.416 e. The summed E-state index contributed by atoms with van der Waals surface area (Å²) in [4.78, 5) is 30.1. The van der Waals surface area contributed by atoms with Gasteiger partial charge in [-0.15, -0.1) is 0 Å². The minimum absolute atomic E-state index is 0.00946. The second-order valence-corrected chi connectivity index (χ2v) is 11.1. The summed E-state index contributed by atoms with van der Waals surface area (Å²) in [7, 11) is 0. The maximum atomic E-state index is 13.6. The van der Waals surface area contributed by atoms with Gasteiger partial charge in [0.05, 0.1) is 37.4 Å². The Morgan fingerprint density at radius 2 is 1.57 bits per heavy atom. The van der Waals surface area contributed by atoms with E-state index in [4.69, 9.17) is 4.74 Å². The lowest BCUT2D eigenvalue weighted by molar-refractivity contribution is -0.149. The van der Waals surface area contributed by atoms with E-state index in [0.29, 0.717) is 38.2 Å². The van der Waals surface area contributed by atoms with Crippen molar-refractivity contribution in [1.29, 1.82) is 0 Å². The zero-order chi connectivity index (χ0) is 32.2. The number of piperazine rings is 1. The van der Waals surface area contributed by atoms with Crippen LogP contribution < -0.4 is 0 Å². The van der Waals surface area contributed by atoms with Gasteiger partial charge in [0.2, 0.25) is 0 Å². The van der Waals surface area contributed by atoms with Crippen molar-refractivity contribution in [3.8, 4) is 11.8 Å². The van der Waals surface area contributed by atoms with E-state index in [0.717, 1.165) is 16.7 Å². The molecule has 2 aliphatic rings. The smallest absolute Gasteiger partial charge is 0.416 e. The van der Waals surface area contributed by atoms with E-state index in [1.807, 2.05) is 36.9 Å². The largest absolute Gasteiger partial charge is 0.480 e. The minimum atomic E-state index is -5.07. The summed E-state index contributed by atoms with van der Waals surface area (Å²) >= 11 is 0. The molecule has 4 rings (SSSR count). The molecule has 2 atom stereocenters. The zero-order valence-electron chi connectivity index (χ0n) is 24.3. The quantitative estimate of drug-likeness (QED) is 0.377. The van der Waals surface area contributed by atoms with Crippen molar-refractivity contribution >= 4 is 11.9 Å². The number of aryl methyl sites for hydroxylation is 2. The number of ether oxygens (including phenoxy) is 1. The van der Waals surface area contributed by atoms with Gasteiger partial charge in [0, 0.05) is 37.8 Å². The van der Waals surface area contributed by atoms with Crippen molar-refractivity contribution in [1.82, 2.24) is 14.7 Å². The Kier molecular flexibility index (Phi) is 10.3. The lowest BCUT2D eigenvalue weighted by Crippen LogP contribution is -2.56. The van der Waals surface area contributed by atoms with Gasteiger partial charge in [-0.05, 0) is 55.2 Å². The third kappa shape index (κ3) is 8.31. The molecule has 0 aliphatic carbocycles. The van der Waals surface area contributed by atoms with Crippen molar-refractivity contribution in [3.05, 3.63) is 69.8 Å². The number of carbonyl (C=O) groups excluding carboxylic acids is 1. The van der Waals surface area contributed by atoms with Crippen LogP contribution in [0.25, 0.3) is 0 Å². The highest BCUT2D eigenvalue weighted by Crippen LogP contribution is 2.37. The maximum absolute atomic E-state index is 13.6. The number of alkyl halides is 6. The van der Waals surface area contributed by atoms with Crippen LogP contribution in [0.2, 0.25) is 0 Å². The third-order valence-corrected chi connectivity index (χ3v) is 7.94. The van der Waals surface area contributed by atoms with Crippen LogP contribution in [-0.2, 0) is 28.3 Å². The summed E-state index contributed by atoms with van der Waals surface area (Å²) in [6, 6.07) is 5.36. The molecule has 0 aromatic heterocycles. The van der Waals surface area contributed by atoms with Gasteiger partial charge in [-0.2, -0.15) is 26.3 Å². The van der Waals surface area contributed by atoms with Gasteiger partial charge in [-0.1, -0.05) is 30.0 Å². The Bertz CT molecular complexity index is 1400. The molecule has 1 unspecified atom stereocenters. The molecular weight excluding hydrogens is 592 g/mol. The molecule has 0 bridgehead atoms. The predicted octanol–water partition coefficient (Wildman–Crippen LogP) is 4.50. The molecule has 238 valence electrons. The third-order valence-electron chi connectivity index (χ3n) is 7.94. The number of morpholine rings is 1. The molecule has 2 saturated heterocycles. The number of nitrogens with zero attached hydrogens (tertiary/aromatic N) is 3. The number of halogens is 6. The van der Waals surface area contributed by atoms with Gasteiger partial charge in [-0.3, -0.25) is 19.4 Å². The monoisotopic (exact) mass is 625 g/mol. The molecule has 2 heterocycles. The van der Waals surface area contributed by atoms with E-state index in [-0.39, 0.29) is 38.9 Å².